The molecule has 2 rings (SSSR count). The molecule has 19 heavy (non-hydrogen) atoms. The van der Waals surface area contributed by atoms with Crippen molar-refractivity contribution in [3.05, 3.63) is 62.2 Å². The van der Waals surface area contributed by atoms with E-state index >= 15 is 0 Å². The van der Waals surface area contributed by atoms with Crippen molar-refractivity contribution in [3.63, 3.8) is 0 Å². The molecular formula is C12H8BrFN2O3. The third kappa shape index (κ3) is 3.05. The average Bonchev–Trinajstić information content (AvgIpc) is 2.36. The normalized spacial score (nSPS) is 10.4. The molecule has 0 aliphatic rings. The number of rotatable bonds is 3. The fourth-order valence-corrected chi connectivity index (χ4v) is 1.91. The maximum absolute atomic E-state index is 13.6. The van der Waals surface area contributed by atoms with E-state index in [2.05, 4.69) is 21.0 Å². The highest BCUT2D eigenvalue weighted by atomic mass is 79.9. The Morgan fingerprint density at radius 2 is 2.11 bits per heavy atom. The van der Waals surface area contributed by atoms with Gasteiger partial charge in [-0.05, 0) is 24.3 Å². The van der Waals surface area contributed by atoms with Crippen molar-refractivity contribution in [1.82, 2.24) is 9.78 Å². The third-order valence-corrected chi connectivity index (χ3v) is 2.91. The molecule has 0 aliphatic carbocycles. The quantitative estimate of drug-likeness (QED) is 0.934. The second kappa shape index (κ2) is 5.31. The molecule has 0 saturated carbocycles. The Morgan fingerprint density at radius 1 is 1.37 bits per heavy atom. The Balaban J connectivity index is 2.43. The molecular weight excluding hydrogens is 319 g/mol. The molecule has 1 N–H and O–H groups in total. The number of carboxylic acid groups (broad SMARTS) is 1. The Morgan fingerprint density at radius 3 is 2.79 bits per heavy atom. The average molecular weight is 327 g/mol. The maximum Gasteiger partial charge on any atom is 0.356 e. The van der Waals surface area contributed by atoms with Crippen molar-refractivity contribution in [3.8, 4) is 0 Å². The van der Waals surface area contributed by atoms with Gasteiger partial charge in [-0.3, -0.25) is 4.79 Å². The van der Waals surface area contributed by atoms with Gasteiger partial charge in [0.05, 0.1) is 6.54 Å². The van der Waals surface area contributed by atoms with Gasteiger partial charge in [-0.25, -0.2) is 13.9 Å². The van der Waals surface area contributed by atoms with Crippen LogP contribution in [-0.4, -0.2) is 20.9 Å². The minimum Gasteiger partial charge on any atom is -0.476 e. The first-order chi connectivity index (χ1) is 8.97. The standard InChI is InChI=1S/C12H8BrFN2O3/c13-8-1-2-9(14)7(5-8)6-16-11(17)4-3-10(15-16)12(18)19/h1-5H,6H2,(H,18,19). The summed E-state index contributed by atoms with van der Waals surface area (Å²) in [6.45, 7) is -0.134. The number of benzene rings is 1. The molecule has 0 bridgehead atoms. The van der Waals surface area contributed by atoms with E-state index in [1.54, 1.807) is 0 Å². The number of hydrogen-bond acceptors (Lipinski definition) is 3. The number of aromatic carboxylic acids is 1. The molecule has 98 valence electrons. The van der Waals surface area contributed by atoms with Crippen LogP contribution >= 0.6 is 15.9 Å². The molecule has 1 heterocycles. The minimum atomic E-state index is -1.25. The Labute approximate surface area is 115 Å². The fraction of sp³-hybridized carbons (Fsp3) is 0.0833. The smallest absolute Gasteiger partial charge is 0.356 e. The summed E-state index contributed by atoms with van der Waals surface area (Å²) in [6, 6.07) is 6.50. The molecule has 0 fully saturated rings. The predicted octanol–water partition coefficient (Wildman–Crippen LogP) is 1.89. The number of halogens is 2. The molecule has 1 aromatic heterocycles. The van der Waals surface area contributed by atoms with Gasteiger partial charge in [0.2, 0.25) is 0 Å². The predicted molar refractivity (Wildman–Crippen MR) is 68.7 cm³/mol. The summed E-state index contributed by atoms with van der Waals surface area (Å²) in [4.78, 5) is 22.3. The van der Waals surface area contributed by atoms with Gasteiger partial charge in [-0.1, -0.05) is 15.9 Å². The van der Waals surface area contributed by atoms with Crippen LogP contribution in [0.15, 0.2) is 39.6 Å². The van der Waals surface area contributed by atoms with Crippen LogP contribution in [-0.2, 0) is 6.54 Å². The van der Waals surface area contributed by atoms with E-state index in [0.717, 1.165) is 16.8 Å². The summed E-state index contributed by atoms with van der Waals surface area (Å²) in [5.41, 5.74) is -0.522. The SMILES string of the molecule is O=C(O)c1ccc(=O)n(Cc2cc(Br)ccc2F)n1. The molecule has 0 spiro atoms. The molecule has 0 amide bonds. The third-order valence-electron chi connectivity index (χ3n) is 2.41. The van der Waals surface area contributed by atoms with Crippen LogP contribution < -0.4 is 5.56 Å². The van der Waals surface area contributed by atoms with E-state index in [-0.39, 0.29) is 17.8 Å². The topological polar surface area (TPSA) is 72.2 Å². The lowest BCUT2D eigenvalue weighted by Gasteiger charge is -2.07. The second-order valence-electron chi connectivity index (χ2n) is 3.76. The molecule has 0 aliphatic heterocycles. The van der Waals surface area contributed by atoms with Crippen molar-refractivity contribution in [2.45, 2.75) is 6.54 Å². The van der Waals surface area contributed by atoms with Gasteiger partial charge >= 0.3 is 5.97 Å². The van der Waals surface area contributed by atoms with E-state index in [4.69, 9.17) is 5.11 Å². The summed E-state index contributed by atoms with van der Waals surface area (Å²) in [6.07, 6.45) is 0. The van der Waals surface area contributed by atoms with Crippen LogP contribution in [0.4, 0.5) is 4.39 Å². The van der Waals surface area contributed by atoms with E-state index in [0.29, 0.717) is 4.47 Å². The van der Waals surface area contributed by atoms with Crippen molar-refractivity contribution < 1.29 is 14.3 Å². The van der Waals surface area contributed by atoms with Crippen molar-refractivity contribution in [1.29, 1.82) is 0 Å². The molecule has 1 aromatic carbocycles. The van der Waals surface area contributed by atoms with E-state index in [1.807, 2.05) is 0 Å². The highest BCUT2D eigenvalue weighted by Gasteiger charge is 2.10. The van der Waals surface area contributed by atoms with Crippen LogP contribution in [0.5, 0.6) is 0 Å². The maximum atomic E-state index is 13.6. The summed E-state index contributed by atoms with van der Waals surface area (Å²) in [7, 11) is 0. The minimum absolute atomic E-state index is 0.134. The Kier molecular flexibility index (Phi) is 3.75. The highest BCUT2D eigenvalue weighted by molar-refractivity contribution is 9.10. The van der Waals surface area contributed by atoms with E-state index in [9.17, 15) is 14.0 Å². The zero-order valence-corrected chi connectivity index (χ0v) is 11.1. The zero-order chi connectivity index (χ0) is 14.0. The lowest BCUT2D eigenvalue weighted by molar-refractivity contribution is 0.0687. The van der Waals surface area contributed by atoms with E-state index < -0.39 is 17.3 Å². The summed E-state index contributed by atoms with van der Waals surface area (Å²) < 4.78 is 15.1. The van der Waals surface area contributed by atoms with Crippen molar-refractivity contribution in [2.24, 2.45) is 0 Å². The molecule has 7 heteroatoms. The summed E-state index contributed by atoms with van der Waals surface area (Å²) in [5.74, 6) is -1.74. The second-order valence-corrected chi connectivity index (χ2v) is 4.67. The summed E-state index contributed by atoms with van der Waals surface area (Å²) >= 11 is 3.20. The fourth-order valence-electron chi connectivity index (χ4n) is 1.50. The molecule has 0 radical (unpaired) electrons. The first kappa shape index (κ1) is 13.4. The van der Waals surface area contributed by atoms with E-state index in [1.165, 1.54) is 18.2 Å². The van der Waals surface area contributed by atoms with Crippen LogP contribution in [0.1, 0.15) is 16.1 Å². The largest absolute Gasteiger partial charge is 0.476 e. The van der Waals surface area contributed by atoms with Gasteiger partial charge in [0.15, 0.2) is 5.69 Å². The van der Waals surface area contributed by atoms with Crippen LogP contribution in [0.3, 0.4) is 0 Å². The van der Waals surface area contributed by atoms with Crippen molar-refractivity contribution >= 4 is 21.9 Å². The highest BCUT2D eigenvalue weighted by Crippen LogP contribution is 2.15. The number of aromatic nitrogens is 2. The monoisotopic (exact) mass is 326 g/mol. The molecule has 5 nitrogen and oxygen atoms in total. The van der Waals surface area contributed by atoms with Gasteiger partial charge in [0.25, 0.3) is 5.56 Å². The van der Waals surface area contributed by atoms with Gasteiger partial charge in [-0.2, -0.15) is 5.10 Å². The van der Waals surface area contributed by atoms with Crippen molar-refractivity contribution in [2.75, 3.05) is 0 Å². The first-order valence-electron chi connectivity index (χ1n) is 5.23. The Bertz CT molecular complexity index is 700. The molecule has 0 saturated heterocycles. The van der Waals surface area contributed by atoms with Crippen LogP contribution in [0.2, 0.25) is 0 Å². The lowest BCUT2D eigenvalue weighted by Crippen LogP contribution is -2.25. The molecule has 0 unspecified atom stereocenters. The molecule has 0 atom stereocenters. The van der Waals surface area contributed by atoms with Gasteiger partial charge in [-0.15, -0.1) is 0 Å². The van der Waals surface area contributed by atoms with Gasteiger partial charge < -0.3 is 5.11 Å². The Hall–Kier alpha value is -2.02. The van der Waals surface area contributed by atoms with Crippen LogP contribution in [0, 0.1) is 5.82 Å². The number of carbonyl (C=O) groups is 1. The lowest BCUT2D eigenvalue weighted by atomic mass is 10.2. The number of carboxylic acids is 1. The van der Waals surface area contributed by atoms with Gasteiger partial charge in [0, 0.05) is 16.1 Å². The molecule has 2 aromatic rings. The summed E-state index contributed by atoms with van der Waals surface area (Å²) in [5, 5.41) is 12.5. The zero-order valence-electron chi connectivity index (χ0n) is 9.51. The number of hydrogen-bond donors (Lipinski definition) is 1. The first-order valence-corrected chi connectivity index (χ1v) is 6.02. The van der Waals surface area contributed by atoms with Crippen LogP contribution in [0.25, 0.3) is 0 Å². The van der Waals surface area contributed by atoms with Gasteiger partial charge in [0.1, 0.15) is 5.82 Å². The number of nitrogens with zero attached hydrogens (tertiary/aromatic N) is 2.